The van der Waals surface area contributed by atoms with Gasteiger partial charge in [0.1, 0.15) is 11.8 Å². The van der Waals surface area contributed by atoms with E-state index < -0.39 is 34.8 Å². The van der Waals surface area contributed by atoms with Gasteiger partial charge in [-0.15, -0.1) is 0 Å². The summed E-state index contributed by atoms with van der Waals surface area (Å²) in [6, 6.07) is 10.9. The zero-order valence-corrected chi connectivity index (χ0v) is 21.3. The van der Waals surface area contributed by atoms with Gasteiger partial charge in [-0.1, -0.05) is 29.8 Å². The van der Waals surface area contributed by atoms with Crippen molar-refractivity contribution < 1.29 is 38.6 Å². The van der Waals surface area contributed by atoms with Gasteiger partial charge in [-0.05, 0) is 30.2 Å². The molecule has 0 unspecified atom stereocenters. The van der Waals surface area contributed by atoms with Crippen LogP contribution in [0.1, 0.15) is 30.4 Å². The normalized spacial score (nSPS) is 15.9. The second-order valence-corrected chi connectivity index (χ2v) is 8.62. The van der Waals surface area contributed by atoms with E-state index in [2.05, 4.69) is 5.32 Å². The van der Waals surface area contributed by atoms with Crippen LogP contribution in [0.5, 0.6) is 5.75 Å². The molecular weight excluding hydrogens is 496 g/mol. The van der Waals surface area contributed by atoms with Gasteiger partial charge in [0, 0.05) is 36.2 Å². The summed E-state index contributed by atoms with van der Waals surface area (Å²) in [6.45, 7) is 1.68. The summed E-state index contributed by atoms with van der Waals surface area (Å²) in [6.07, 6.45) is 0.225. The van der Waals surface area contributed by atoms with Gasteiger partial charge in [0.15, 0.2) is 0 Å². The number of aromatic hydroxyl groups is 1. The Kier molecular flexibility index (Phi) is 8.85. The fourth-order valence-electron chi connectivity index (χ4n) is 4.47. The number of nitro groups is 1. The molecule has 2 N–H and O–H groups in total. The van der Waals surface area contributed by atoms with Crippen LogP contribution in [0.2, 0.25) is 0 Å². The van der Waals surface area contributed by atoms with Gasteiger partial charge >= 0.3 is 17.9 Å². The summed E-state index contributed by atoms with van der Waals surface area (Å²) < 4.78 is 15.0. The number of nitrogens with one attached hydrogen (secondary N) is 1. The van der Waals surface area contributed by atoms with Crippen molar-refractivity contribution in [2.75, 3.05) is 21.3 Å². The molecular formula is C27H28N2O9. The summed E-state index contributed by atoms with van der Waals surface area (Å²) >= 11 is 0. The highest BCUT2D eigenvalue weighted by Crippen LogP contribution is 2.43. The smallest absolute Gasteiger partial charge is 0.336 e. The third kappa shape index (κ3) is 6.00. The predicted octanol–water partition coefficient (Wildman–Crippen LogP) is 3.08. The van der Waals surface area contributed by atoms with E-state index >= 15 is 0 Å². The van der Waals surface area contributed by atoms with Crippen LogP contribution < -0.4 is 5.32 Å². The molecule has 0 bridgehead atoms. The Morgan fingerprint density at radius 2 is 1.66 bits per heavy atom. The van der Waals surface area contributed by atoms with Crippen molar-refractivity contribution in [3.8, 4) is 5.75 Å². The van der Waals surface area contributed by atoms with Crippen LogP contribution in [0.4, 0.5) is 5.69 Å². The number of carbonyl (C=O) groups excluding carboxylic acids is 3. The van der Waals surface area contributed by atoms with Crippen LogP contribution in [0.15, 0.2) is 70.9 Å². The molecule has 200 valence electrons. The number of esters is 3. The van der Waals surface area contributed by atoms with Crippen molar-refractivity contribution in [1.29, 1.82) is 0 Å². The van der Waals surface area contributed by atoms with E-state index in [0.29, 0.717) is 22.4 Å². The maximum absolute atomic E-state index is 13.2. The highest BCUT2D eigenvalue weighted by Gasteiger charge is 2.40. The lowest BCUT2D eigenvalue weighted by Crippen LogP contribution is -2.41. The Morgan fingerprint density at radius 1 is 1.03 bits per heavy atom. The number of hydrogen-bond donors (Lipinski definition) is 2. The molecule has 0 saturated heterocycles. The van der Waals surface area contributed by atoms with Gasteiger partial charge < -0.3 is 24.6 Å². The predicted molar refractivity (Wildman–Crippen MR) is 135 cm³/mol. The molecule has 0 amide bonds. The first-order chi connectivity index (χ1) is 18.1. The van der Waals surface area contributed by atoms with Gasteiger partial charge in [0.2, 0.25) is 0 Å². The van der Waals surface area contributed by atoms with E-state index in [-0.39, 0.29) is 35.4 Å². The number of methoxy groups -OCH3 is 3. The Bertz CT molecular complexity index is 1310. The Balaban J connectivity index is 2.18. The quantitative estimate of drug-likeness (QED) is 0.216. The second-order valence-electron chi connectivity index (χ2n) is 8.62. The molecule has 2 atom stereocenters. The molecule has 1 aliphatic carbocycles. The van der Waals surface area contributed by atoms with Gasteiger partial charge in [-0.3, -0.25) is 10.1 Å². The molecule has 2 aromatic carbocycles. The first-order valence-corrected chi connectivity index (χ1v) is 11.6. The van der Waals surface area contributed by atoms with Gasteiger partial charge in [0.05, 0.1) is 37.7 Å². The molecule has 0 heterocycles. The number of nitro benzene ring substituents is 1. The van der Waals surface area contributed by atoms with Crippen molar-refractivity contribution in [1.82, 2.24) is 5.32 Å². The first-order valence-electron chi connectivity index (χ1n) is 11.6. The molecule has 3 rings (SSSR count). The summed E-state index contributed by atoms with van der Waals surface area (Å²) in [4.78, 5) is 49.7. The van der Waals surface area contributed by atoms with Gasteiger partial charge in [-0.2, -0.15) is 0 Å². The molecule has 0 radical (unpaired) electrons. The number of benzene rings is 2. The van der Waals surface area contributed by atoms with Crippen molar-refractivity contribution in [3.05, 3.63) is 92.2 Å². The largest absolute Gasteiger partial charge is 0.508 e. The second kappa shape index (κ2) is 12.0. The van der Waals surface area contributed by atoms with Gasteiger partial charge in [-0.25, -0.2) is 14.4 Å². The third-order valence-corrected chi connectivity index (χ3v) is 6.24. The molecule has 0 fully saturated rings. The Hall–Kier alpha value is -4.67. The fraction of sp³-hybridized carbons (Fsp3) is 0.296. The molecule has 2 aromatic rings. The number of hydrogen-bond acceptors (Lipinski definition) is 10. The standard InChI is InChI=1S/C27H28N2O9/c1-15-12-20(28-21(25(31)36-2)13-16-8-10-19(30)11-9-16)24(27(33)38-4)23(22(15)26(32)37-3)17-6-5-7-18(14-17)29(34)35/h5-11,14,21,23,28,30H,12-13H2,1-4H3/t21-,23+/m0/s1. The van der Waals surface area contributed by atoms with Crippen molar-refractivity contribution >= 4 is 23.6 Å². The first kappa shape index (κ1) is 27.9. The van der Waals surface area contributed by atoms with E-state index in [1.807, 2.05) is 0 Å². The van der Waals surface area contributed by atoms with Crippen molar-refractivity contribution in [2.45, 2.75) is 31.7 Å². The lowest BCUT2D eigenvalue weighted by atomic mass is 9.76. The maximum atomic E-state index is 13.2. The Labute approximate surface area is 218 Å². The molecule has 38 heavy (non-hydrogen) atoms. The summed E-state index contributed by atoms with van der Waals surface area (Å²) in [5, 5.41) is 24.2. The van der Waals surface area contributed by atoms with Gasteiger partial charge in [0.25, 0.3) is 5.69 Å². The van der Waals surface area contributed by atoms with Crippen molar-refractivity contribution in [2.24, 2.45) is 0 Å². The van der Waals surface area contributed by atoms with E-state index in [9.17, 15) is 29.6 Å². The van der Waals surface area contributed by atoms with E-state index in [4.69, 9.17) is 14.2 Å². The number of allylic oxidation sites excluding steroid dienone is 1. The van der Waals surface area contributed by atoms with Crippen LogP contribution in [-0.4, -0.2) is 55.3 Å². The average Bonchev–Trinajstić information content (AvgIpc) is 2.92. The number of carbonyl (C=O) groups is 3. The number of rotatable bonds is 9. The summed E-state index contributed by atoms with van der Waals surface area (Å²) in [5.41, 5.74) is 1.77. The van der Waals surface area contributed by atoms with Crippen LogP contribution in [-0.2, 0) is 35.0 Å². The highest BCUT2D eigenvalue weighted by molar-refractivity contribution is 6.00. The number of phenolic OH excluding ortho intramolecular Hbond substituents is 1. The molecule has 11 nitrogen and oxygen atoms in total. The van der Waals surface area contributed by atoms with Crippen LogP contribution in [0.3, 0.4) is 0 Å². The fourth-order valence-corrected chi connectivity index (χ4v) is 4.47. The summed E-state index contributed by atoms with van der Waals surface area (Å²) in [5.74, 6) is -3.10. The average molecular weight is 525 g/mol. The highest BCUT2D eigenvalue weighted by atomic mass is 16.6. The summed E-state index contributed by atoms with van der Waals surface area (Å²) in [7, 11) is 3.61. The van der Waals surface area contributed by atoms with Crippen molar-refractivity contribution in [3.63, 3.8) is 0 Å². The zero-order valence-electron chi connectivity index (χ0n) is 21.3. The lowest BCUT2D eigenvalue weighted by Gasteiger charge is -2.32. The minimum Gasteiger partial charge on any atom is -0.508 e. The van der Waals surface area contributed by atoms with Crippen LogP contribution in [0.25, 0.3) is 0 Å². The monoisotopic (exact) mass is 524 g/mol. The minimum atomic E-state index is -1.07. The minimum absolute atomic E-state index is 0.0126. The molecule has 0 spiro atoms. The molecule has 11 heteroatoms. The topological polar surface area (TPSA) is 154 Å². The zero-order chi connectivity index (χ0) is 28.0. The van der Waals surface area contributed by atoms with E-state index in [0.717, 1.165) is 0 Å². The molecule has 1 aliphatic rings. The third-order valence-electron chi connectivity index (χ3n) is 6.24. The SMILES string of the molecule is COC(=O)C1=C(C)CC(N[C@@H](Cc2ccc(O)cc2)C(=O)OC)=C(C(=O)OC)[C@@H]1c1cccc([N+](=O)[O-])c1. The number of non-ortho nitro benzene ring substituents is 1. The molecule has 0 aromatic heterocycles. The van der Waals surface area contributed by atoms with Crippen LogP contribution >= 0.6 is 0 Å². The number of ether oxygens (including phenoxy) is 3. The number of phenols is 1. The molecule has 0 aliphatic heterocycles. The molecule has 0 saturated carbocycles. The Morgan fingerprint density at radius 3 is 2.24 bits per heavy atom. The lowest BCUT2D eigenvalue weighted by molar-refractivity contribution is -0.384. The maximum Gasteiger partial charge on any atom is 0.336 e. The number of nitrogens with zero attached hydrogens (tertiary/aromatic N) is 1. The van der Waals surface area contributed by atoms with E-state index in [1.54, 1.807) is 25.1 Å². The van der Waals surface area contributed by atoms with Crippen LogP contribution in [0, 0.1) is 10.1 Å². The van der Waals surface area contributed by atoms with E-state index in [1.165, 1.54) is 51.7 Å².